The number of carbonyl (C=O) groups is 1. The van der Waals surface area contributed by atoms with Crippen LogP contribution in [0.15, 0.2) is 22.7 Å². The molecule has 1 heterocycles. The number of aryl methyl sites for hydroxylation is 2. The van der Waals surface area contributed by atoms with Gasteiger partial charge in [0.15, 0.2) is 5.78 Å². The first-order chi connectivity index (χ1) is 8.90. The molecule has 3 nitrogen and oxygen atoms in total. The molecule has 0 saturated heterocycles. The lowest BCUT2D eigenvalue weighted by Gasteiger charge is -2.04. The van der Waals surface area contributed by atoms with Crippen molar-refractivity contribution in [1.29, 1.82) is 0 Å². The molecule has 2 rings (SSSR count). The van der Waals surface area contributed by atoms with Crippen LogP contribution < -0.4 is 0 Å². The molecule has 6 heteroatoms. The second-order valence-electron chi connectivity index (χ2n) is 4.20. The lowest BCUT2D eigenvalue weighted by molar-refractivity contribution is 0.0990. The first kappa shape index (κ1) is 14.6. The summed E-state index contributed by atoms with van der Waals surface area (Å²) in [7, 11) is 1.77. The fraction of sp³-hybridized carbons (Fsp3) is 0.231. The highest BCUT2D eigenvalue weighted by atomic mass is 79.9. The number of hydrogen-bond acceptors (Lipinski definition) is 2. The third-order valence-electron chi connectivity index (χ3n) is 2.83. The molecule has 0 fully saturated rings. The minimum Gasteiger partial charge on any atom is -0.294 e. The van der Waals surface area contributed by atoms with E-state index in [1.165, 1.54) is 0 Å². The maximum absolute atomic E-state index is 12.2. The second-order valence-corrected chi connectivity index (χ2v) is 5.84. The molecule has 1 aromatic carbocycles. The van der Waals surface area contributed by atoms with Gasteiger partial charge in [0.1, 0.15) is 0 Å². The Balaban J connectivity index is 2.28. The Morgan fingerprint density at radius 3 is 2.63 bits per heavy atom. The number of halogens is 3. The van der Waals surface area contributed by atoms with E-state index in [9.17, 15) is 4.79 Å². The van der Waals surface area contributed by atoms with E-state index in [-0.39, 0.29) is 12.2 Å². The van der Waals surface area contributed by atoms with Gasteiger partial charge in [-0.3, -0.25) is 9.48 Å². The van der Waals surface area contributed by atoms with Crippen LogP contribution in [0.3, 0.4) is 0 Å². The van der Waals surface area contributed by atoms with E-state index < -0.39 is 0 Å². The van der Waals surface area contributed by atoms with E-state index in [4.69, 9.17) is 23.2 Å². The summed E-state index contributed by atoms with van der Waals surface area (Å²) in [5.41, 5.74) is 1.99. The molecule has 0 amide bonds. The fourth-order valence-electron chi connectivity index (χ4n) is 1.80. The normalized spacial score (nSPS) is 10.8. The topological polar surface area (TPSA) is 34.9 Å². The van der Waals surface area contributed by atoms with Gasteiger partial charge in [0.2, 0.25) is 0 Å². The van der Waals surface area contributed by atoms with Crippen molar-refractivity contribution in [3.8, 4) is 0 Å². The van der Waals surface area contributed by atoms with Crippen LogP contribution in [0, 0.1) is 6.92 Å². The van der Waals surface area contributed by atoms with Crippen molar-refractivity contribution in [1.82, 2.24) is 9.78 Å². The van der Waals surface area contributed by atoms with Gasteiger partial charge in [-0.2, -0.15) is 5.10 Å². The molecule has 0 radical (unpaired) electrons. The van der Waals surface area contributed by atoms with Gasteiger partial charge in [-0.1, -0.05) is 29.3 Å². The standard InChI is InChI=1S/C13H11BrCl2N2O/c1-7-13(16)11(18(2)17-7)6-12(19)8-3-4-9(14)10(15)5-8/h3-5H,6H2,1-2H3. The molecule has 2 aromatic rings. The van der Waals surface area contributed by atoms with E-state index in [0.29, 0.717) is 21.3 Å². The molecule has 0 spiro atoms. The van der Waals surface area contributed by atoms with Crippen LogP contribution in [0.5, 0.6) is 0 Å². The molecule has 0 bridgehead atoms. The summed E-state index contributed by atoms with van der Waals surface area (Å²) in [5, 5.41) is 5.24. The van der Waals surface area contributed by atoms with Crippen LogP contribution in [0.2, 0.25) is 10.0 Å². The van der Waals surface area contributed by atoms with E-state index in [0.717, 1.165) is 10.2 Å². The van der Waals surface area contributed by atoms with Gasteiger partial charge < -0.3 is 0 Å². The molecule has 0 aliphatic carbocycles. The molecule has 0 N–H and O–H groups in total. The van der Waals surface area contributed by atoms with Gasteiger partial charge in [-0.25, -0.2) is 0 Å². The summed E-state index contributed by atoms with van der Waals surface area (Å²) >= 11 is 15.4. The Morgan fingerprint density at radius 1 is 1.42 bits per heavy atom. The highest BCUT2D eigenvalue weighted by Gasteiger charge is 2.16. The van der Waals surface area contributed by atoms with Crippen molar-refractivity contribution < 1.29 is 4.79 Å². The summed E-state index contributed by atoms with van der Waals surface area (Å²) in [4.78, 5) is 12.2. The monoisotopic (exact) mass is 360 g/mol. The number of hydrogen-bond donors (Lipinski definition) is 0. The van der Waals surface area contributed by atoms with Crippen LogP contribution in [0.4, 0.5) is 0 Å². The van der Waals surface area contributed by atoms with E-state index in [1.54, 1.807) is 29.9 Å². The van der Waals surface area contributed by atoms with Crippen molar-refractivity contribution in [3.63, 3.8) is 0 Å². The first-order valence-electron chi connectivity index (χ1n) is 5.56. The average Bonchev–Trinajstić information content (AvgIpc) is 2.59. The molecule has 0 aliphatic rings. The molecule has 19 heavy (non-hydrogen) atoms. The number of rotatable bonds is 3. The van der Waals surface area contributed by atoms with Crippen LogP contribution >= 0.6 is 39.1 Å². The highest BCUT2D eigenvalue weighted by molar-refractivity contribution is 9.10. The minimum absolute atomic E-state index is 0.0423. The van der Waals surface area contributed by atoms with Crippen molar-refractivity contribution in [2.24, 2.45) is 7.05 Å². The Kier molecular flexibility index (Phi) is 4.33. The van der Waals surface area contributed by atoms with Gasteiger partial charge in [0.25, 0.3) is 0 Å². The summed E-state index contributed by atoms with van der Waals surface area (Å²) in [6.45, 7) is 1.81. The van der Waals surface area contributed by atoms with Crippen LogP contribution in [0.25, 0.3) is 0 Å². The third kappa shape index (κ3) is 3.02. The number of benzene rings is 1. The van der Waals surface area contributed by atoms with Crippen molar-refractivity contribution >= 4 is 44.9 Å². The summed E-state index contributed by atoms with van der Waals surface area (Å²) in [5.74, 6) is -0.0423. The molecule has 0 atom stereocenters. The number of nitrogens with zero attached hydrogens (tertiary/aromatic N) is 2. The third-order valence-corrected chi connectivity index (χ3v) is 4.56. The predicted molar refractivity (Wildman–Crippen MR) is 80.1 cm³/mol. The van der Waals surface area contributed by atoms with Crippen molar-refractivity contribution in [3.05, 3.63) is 49.7 Å². The number of aromatic nitrogens is 2. The van der Waals surface area contributed by atoms with Crippen LogP contribution in [0.1, 0.15) is 21.7 Å². The summed E-state index contributed by atoms with van der Waals surface area (Å²) < 4.78 is 2.40. The Labute approximate surface area is 129 Å². The molecule has 0 unspecified atom stereocenters. The number of ketones is 1. The first-order valence-corrected chi connectivity index (χ1v) is 7.11. The van der Waals surface area contributed by atoms with Crippen molar-refractivity contribution in [2.45, 2.75) is 13.3 Å². The maximum Gasteiger partial charge on any atom is 0.168 e. The number of Topliss-reactive ketones (excluding diaryl/α,β-unsaturated/α-hetero) is 1. The van der Waals surface area contributed by atoms with Gasteiger partial charge in [0.05, 0.1) is 27.9 Å². The minimum atomic E-state index is -0.0423. The van der Waals surface area contributed by atoms with Gasteiger partial charge in [-0.05, 0) is 35.0 Å². The lowest BCUT2D eigenvalue weighted by Crippen LogP contribution is -2.08. The highest BCUT2D eigenvalue weighted by Crippen LogP contribution is 2.25. The Bertz CT molecular complexity index is 652. The maximum atomic E-state index is 12.2. The second kappa shape index (κ2) is 5.65. The predicted octanol–water partition coefficient (Wildman–Crippen LogP) is 4.22. The SMILES string of the molecule is Cc1nn(C)c(CC(=O)c2ccc(Br)c(Cl)c2)c1Cl. The molecular formula is C13H11BrCl2N2O. The number of carbonyl (C=O) groups excluding carboxylic acids is 1. The van der Waals surface area contributed by atoms with Gasteiger partial charge in [0, 0.05) is 17.1 Å². The van der Waals surface area contributed by atoms with Crippen molar-refractivity contribution in [2.75, 3.05) is 0 Å². The zero-order valence-corrected chi connectivity index (χ0v) is 13.5. The van der Waals surface area contributed by atoms with Gasteiger partial charge in [-0.15, -0.1) is 0 Å². The smallest absolute Gasteiger partial charge is 0.168 e. The van der Waals surface area contributed by atoms with E-state index in [1.807, 2.05) is 6.92 Å². The largest absolute Gasteiger partial charge is 0.294 e. The Morgan fingerprint density at radius 2 is 2.11 bits per heavy atom. The fourth-order valence-corrected chi connectivity index (χ4v) is 2.45. The van der Waals surface area contributed by atoms with Gasteiger partial charge >= 0.3 is 0 Å². The van der Waals surface area contributed by atoms with E-state index >= 15 is 0 Å². The molecule has 1 aromatic heterocycles. The van der Waals surface area contributed by atoms with Crippen LogP contribution in [-0.2, 0) is 13.5 Å². The zero-order chi connectivity index (χ0) is 14.2. The molecule has 100 valence electrons. The molecule has 0 aliphatic heterocycles. The lowest BCUT2D eigenvalue weighted by atomic mass is 10.1. The molecule has 0 saturated carbocycles. The Hall–Kier alpha value is -0.840. The van der Waals surface area contributed by atoms with Crippen LogP contribution in [-0.4, -0.2) is 15.6 Å². The summed E-state index contributed by atoms with van der Waals surface area (Å²) in [6.07, 6.45) is 0.203. The zero-order valence-electron chi connectivity index (χ0n) is 10.4. The van der Waals surface area contributed by atoms with E-state index in [2.05, 4.69) is 21.0 Å². The summed E-state index contributed by atoms with van der Waals surface area (Å²) in [6, 6.07) is 5.13. The average molecular weight is 362 g/mol. The molecular weight excluding hydrogens is 351 g/mol. The quantitative estimate of drug-likeness (QED) is 0.767.